The van der Waals surface area contributed by atoms with Crippen LogP contribution in [0.1, 0.15) is 11.1 Å². The van der Waals surface area contributed by atoms with Gasteiger partial charge in [-0.25, -0.2) is 4.79 Å². The second-order valence-electron chi connectivity index (χ2n) is 5.99. The van der Waals surface area contributed by atoms with Crippen molar-refractivity contribution in [3.05, 3.63) is 77.5 Å². The van der Waals surface area contributed by atoms with Crippen LogP contribution in [0.25, 0.3) is 5.57 Å². The standard InChI is InChI=1S/C21H19NO5/c1-26-20(24)17-16(15-11-7-4-8-12-15)18(21(25)27-2)22(19(17)23)13-14-9-5-3-6-10-14/h3-12,17H,13H2,1-2H3. The summed E-state index contributed by atoms with van der Waals surface area (Å²) in [6, 6.07) is 18.1. The van der Waals surface area contributed by atoms with Crippen molar-refractivity contribution in [1.29, 1.82) is 0 Å². The molecule has 6 heteroatoms. The Balaban J connectivity index is 2.17. The maximum atomic E-state index is 13.1. The van der Waals surface area contributed by atoms with Crippen LogP contribution in [0.3, 0.4) is 0 Å². The summed E-state index contributed by atoms with van der Waals surface area (Å²) < 4.78 is 9.76. The Morgan fingerprint density at radius 3 is 2.07 bits per heavy atom. The van der Waals surface area contributed by atoms with E-state index >= 15 is 0 Å². The van der Waals surface area contributed by atoms with E-state index in [0.717, 1.165) is 5.56 Å². The first-order chi connectivity index (χ1) is 13.1. The molecule has 1 atom stereocenters. The fourth-order valence-electron chi connectivity index (χ4n) is 3.17. The molecule has 3 rings (SSSR count). The van der Waals surface area contributed by atoms with Crippen molar-refractivity contribution in [2.75, 3.05) is 14.2 Å². The minimum absolute atomic E-state index is 0.0629. The summed E-state index contributed by atoms with van der Waals surface area (Å²) in [4.78, 5) is 39.4. The zero-order valence-electron chi connectivity index (χ0n) is 15.0. The molecule has 1 unspecified atom stereocenters. The van der Waals surface area contributed by atoms with E-state index in [1.807, 2.05) is 36.4 Å². The summed E-state index contributed by atoms with van der Waals surface area (Å²) in [6.07, 6.45) is 0. The Morgan fingerprint density at radius 2 is 1.52 bits per heavy atom. The van der Waals surface area contributed by atoms with Crippen molar-refractivity contribution in [2.24, 2.45) is 5.92 Å². The molecule has 2 aromatic carbocycles. The van der Waals surface area contributed by atoms with Gasteiger partial charge in [0.15, 0.2) is 5.92 Å². The van der Waals surface area contributed by atoms with Crippen LogP contribution in [-0.2, 0) is 30.4 Å². The molecule has 27 heavy (non-hydrogen) atoms. The second kappa shape index (κ2) is 7.86. The number of rotatable bonds is 5. The van der Waals surface area contributed by atoms with E-state index in [0.29, 0.717) is 11.1 Å². The number of carbonyl (C=O) groups excluding carboxylic acids is 3. The van der Waals surface area contributed by atoms with E-state index in [4.69, 9.17) is 9.47 Å². The second-order valence-corrected chi connectivity index (χ2v) is 5.99. The molecule has 1 aliphatic rings. The molecule has 0 bridgehead atoms. The minimum Gasteiger partial charge on any atom is -0.468 e. The maximum Gasteiger partial charge on any atom is 0.355 e. The van der Waals surface area contributed by atoms with Gasteiger partial charge >= 0.3 is 11.9 Å². The first-order valence-corrected chi connectivity index (χ1v) is 8.39. The molecule has 1 aliphatic heterocycles. The molecule has 0 saturated heterocycles. The number of hydrogen-bond donors (Lipinski definition) is 0. The SMILES string of the molecule is COC(=O)C1=C(c2ccccc2)C(C(=O)OC)C(=O)N1Cc1ccccc1. The molecule has 0 saturated carbocycles. The Labute approximate surface area is 157 Å². The summed E-state index contributed by atoms with van der Waals surface area (Å²) >= 11 is 0. The fourth-order valence-corrected chi connectivity index (χ4v) is 3.17. The Bertz CT molecular complexity index is 889. The minimum atomic E-state index is -1.21. The molecule has 1 amide bonds. The molecule has 1 heterocycles. The number of hydrogen-bond acceptors (Lipinski definition) is 5. The number of nitrogens with zero attached hydrogens (tertiary/aromatic N) is 1. The molecular weight excluding hydrogens is 346 g/mol. The van der Waals surface area contributed by atoms with E-state index in [9.17, 15) is 14.4 Å². The van der Waals surface area contributed by atoms with Gasteiger partial charge in [-0.3, -0.25) is 9.59 Å². The highest BCUT2D eigenvalue weighted by molar-refractivity contribution is 6.19. The van der Waals surface area contributed by atoms with Gasteiger partial charge in [0.25, 0.3) is 0 Å². The van der Waals surface area contributed by atoms with Crippen molar-refractivity contribution >= 4 is 23.4 Å². The number of ether oxygens (including phenoxy) is 2. The van der Waals surface area contributed by atoms with Crippen LogP contribution in [0.4, 0.5) is 0 Å². The van der Waals surface area contributed by atoms with Gasteiger partial charge in [0.1, 0.15) is 5.70 Å². The smallest absolute Gasteiger partial charge is 0.355 e. The number of carbonyl (C=O) groups is 3. The first kappa shape index (κ1) is 18.4. The first-order valence-electron chi connectivity index (χ1n) is 8.39. The van der Waals surface area contributed by atoms with Crippen LogP contribution in [0.5, 0.6) is 0 Å². The number of benzene rings is 2. The van der Waals surface area contributed by atoms with Gasteiger partial charge in [-0.05, 0) is 11.1 Å². The quantitative estimate of drug-likeness (QED) is 0.601. The largest absolute Gasteiger partial charge is 0.468 e. The van der Waals surface area contributed by atoms with Crippen LogP contribution in [0.2, 0.25) is 0 Å². The lowest BCUT2D eigenvalue weighted by molar-refractivity contribution is -0.150. The lowest BCUT2D eigenvalue weighted by Crippen LogP contribution is -2.34. The summed E-state index contributed by atoms with van der Waals surface area (Å²) in [7, 11) is 2.46. The molecule has 0 radical (unpaired) electrons. The van der Waals surface area contributed by atoms with Gasteiger partial charge in [-0.15, -0.1) is 0 Å². The zero-order valence-corrected chi connectivity index (χ0v) is 15.0. The van der Waals surface area contributed by atoms with Gasteiger partial charge in [0.2, 0.25) is 5.91 Å². The molecule has 0 aliphatic carbocycles. The highest BCUT2D eigenvalue weighted by Gasteiger charge is 2.47. The van der Waals surface area contributed by atoms with Crippen molar-refractivity contribution in [2.45, 2.75) is 6.54 Å². The van der Waals surface area contributed by atoms with E-state index in [-0.39, 0.29) is 12.2 Å². The molecule has 0 spiro atoms. The van der Waals surface area contributed by atoms with Gasteiger partial charge in [-0.1, -0.05) is 60.7 Å². The molecule has 6 nitrogen and oxygen atoms in total. The average molecular weight is 365 g/mol. The number of esters is 2. The molecular formula is C21H19NO5. The Morgan fingerprint density at radius 1 is 0.926 bits per heavy atom. The predicted octanol–water partition coefficient (Wildman–Crippen LogP) is 2.40. The number of amides is 1. The summed E-state index contributed by atoms with van der Waals surface area (Å²) in [5, 5.41) is 0. The van der Waals surface area contributed by atoms with Crippen molar-refractivity contribution in [1.82, 2.24) is 4.90 Å². The third kappa shape index (κ3) is 3.46. The Kier molecular flexibility index (Phi) is 5.35. The van der Waals surface area contributed by atoms with Crippen molar-refractivity contribution in [3.8, 4) is 0 Å². The average Bonchev–Trinajstić information content (AvgIpc) is 3.00. The van der Waals surface area contributed by atoms with Gasteiger partial charge in [0.05, 0.1) is 20.8 Å². The van der Waals surface area contributed by atoms with Crippen LogP contribution < -0.4 is 0 Å². The molecule has 0 N–H and O–H groups in total. The normalized spacial score (nSPS) is 16.4. The van der Waals surface area contributed by atoms with Gasteiger partial charge < -0.3 is 14.4 Å². The van der Waals surface area contributed by atoms with Gasteiger partial charge in [0, 0.05) is 5.57 Å². The topological polar surface area (TPSA) is 72.9 Å². The third-order valence-electron chi connectivity index (χ3n) is 4.41. The number of methoxy groups -OCH3 is 2. The summed E-state index contributed by atoms with van der Waals surface area (Å²) in [6.45, 7) is 0.147. The lowest BCUT2D eigenvalue weighted by atomic mass is 9.93. The molecule has 0 fully saturated rings. The predicted molar refractivity (Wildman–Crippen MR) is 97.9 cm³/mol. The van der Waals surface area contributed by atoms with E-state index < -0.39 is 23.8 Å². The van der Waals surface area contributed by atoms with Crippen molar-refractivity contribution in [3.63, 3.8) is 0 Å². The highest BCUT2D eigenvalue weighted by Crippen LogP contribution is 2.39. The van der Waals surface area contributed by atoms with Crippen LogP contribution in [-0.4, -0.2) is 37.0 Å². The molecule has 0 aromatic heterocycles. The molecule has 138 valence electrons. The fraction of sp³-hybridized carbons (Fsp3) is 0.190. The summed E-state index contributed by atoms with van der Waals surface area (Å²) in [5.41, 5.74) is 1.78. The monoisotopic (exact) mass is 365 g/mol. The Hall–Kier alpha value is -3.41. The van der Waals surface area contributed by atoms with E-state index in [1.165, 1.54) is 19.1 Å². The van der Waals surface area contributed by atoms with E-state index in [2.05, 4.69) is 0 Å². The third-order valence-corrected chi connectivity index (χ3v) is 4.41. The molecule has 2 aromatic rings. The lowest BCUT2D eigenvalue weighted by Gasteiger charge is -2.19. The van der Waals surface area contributed by atoms with E-state index in [1.54, 1.807) is 24.3 Å². The maximum absolute atomic E-state index is 13.1. The summed E-state index contributed by atoms with van der Waals surface area (Å²) in [5.74, 6) is -3.11. The highest BCUT2D eigenvalue weighted by atomic mass is 16.5. The zero-order chi connectivity index (χ0) is 19.4. The van der Waals surface area contributed by atoms with Crippen LogP contribution in [0, 0.1) is 5.92 Å². The van der Waals surface area contributed by atoms with Crippen LogP contribution in [0.15, 0.2) is 66.4 Å². The van der Waals surface area contributed by atoms with Crippen LogP contribution >= 0.6 is 0 Å². The van der Waals surface area contributed by atoms with Crippen molar-refractivity contribution < 1.29 is 23.9 Å². The van der Waals surface area contributed by atoms with Gasteiger partial charge in [-0.2, -0.15) is 0 Å².